The molecule has 76 heavy (non-hydrogen) atoms. The number of aliphatic hydroxyl groups is 2. The van der Waals surface area contributed by atoms with Crippen LogP contribution < -0.4 is 5.32 Å². The van der Waals surface area contributed by atoms with E-state index < -0.39 is 12.1 Å². The van der Waals surface area contributed by atoms with E-state index in [-0.39, 0.29) is 18.5 Å². The van der Waals surface area contributed by atoms with Gasteiger partial charge in [0.2, 0.25) is 5.91 Å². The number of amides is 1. The maximum absolute atomic E-state index is 12.5. The third-order valence-corrected chi connectivity index (χ3v) is 16.6. The lowest BCUT2D eigenvalue weighted by atomic mass is 10.0. The van der Waals surface area contributed by atoms with Crippen LogP contribution in [0.15, 0.2) is 12.2 Å². The van der Waals surface area contributed by atoms with Gasteiger partial charge in [0.15, 0.2) is 0 Å². The first-order valence-corrected chi connectivity index (χ1v) is 34.9. The van der Waals surface area contributed by atoms with Gasteiger partial charge in [0.05, 0.1) is 25.4 Å². The van der Waals surface area contributed by atoms with Crippen molar-refractivity contribution in [3.05, 3.63) is 12.2 Å². The summed E-state index contributed by atoms with van der Waals surface area (Å²) in [6.07, 6.45) is 81.2. The SMILES string of the molecule is CCCCCCCCC/C=C\CCCCCCCCCC(=O)OCCCCCCCCCCCCCCCCCCCCCCCCCCCCCCCC(=O)NC(CO)C(O)CCCCCCCCCCCCCC. The normalized spacial score (nSPS) is 12.5. The summed E-state index contributed by atoms with van der Waals surface area (Å²) in [7, 11) is 0. The van der Waals surface area contributed by atoms with Gasteiger partial charge in [-0.2, -0.15) is 0 Å². The van der Waals surface area contributed by atoms with Crippen LogP contribution in [-0.2, 0) is 14.3 Å². The predicted molar refractivity (Wildman–Crippen MR) is 333 cm³/mol. The van der Waals surface area contributed by atoms with E-state index in [2.05, 4.69) is 31.3 Å². The Balaban J connectivity index is 3.30. The fraction of sp³-hybridized carbons (Fsp3) is 0.943. The molecule has 0 bridgehead atoms. The zero-order chi connectivity index (χ0) is 55.0. The van der Waals surface area contributed by atoms with Crippen LogP contribution in [0.1, 0.15) is 399 Å². The number of carbonyl (C=O) groups excluding carboxylic acids is 2. The minimum Gasteiger partial charge on any atom is -0.466 e. The Morgan fingerprint density at radius 3 is 0.934 bits per heavy atom. The van der Waals surface area contributed by atoms with Crippen LogP contribution in [0.5, 0.6) is 0 Å². The van der Waals surface area contributed by atoms with Gasteiger partial charge in [0.25, 0.3) is 0 Å². The molecule has 0 aromatic rings. The number of hydrogen-bond donors (Lipinski definition) is 3. The minimum atomic E-state index is -0.660. The standard InChI is InChI=1S/C70H137NO5/c1-3-5-7-9-11-13-15-17-18-19-34-37-40-44-48-52-56-60-64-70(75)76-65-61-57-53-49-45-41-38-35-32-30-28-26-24-22-20-21-23-25-27-29-31-33-36-39-43-47-51-55-59-63-69(74)71-67(66-72)68(73)62-58-54-50-46-42-16-14-12-10-8-6-4-2/h18-19,67-68,72-73H,3-17,20-66H2,1-2H3,(H,71,74)/b19-18-. The smallest absolute Gasteiger partial charge is 0.305 e. The highest BCUT2D eigenvalue weighted by molar-refractivity contribution is 5.76. The zero-order valence-electron chi connectivity index (χ0n) is 51.8. The van der Waals surface area contributed by atoms with Gasteiger partial charge >= 0.3 is 5.97 Å². The Morgan fingerprint density at radius 1 is 0.355 bits per heavy atom. The lowest BCUT2D eigenvalue weighted by Crippen LogP contribution is -2.45. The molecule has 1 amide bonds. The van der Waals surface area contributed by atoms with E-state index in [0.29, 0.717) is 25.9 Å². The summed E-state index contributed by atoms with van der Waals surface area (Å²) in [4.78, 5) is 24.6. The Hall–Kier alpha value is -1.40. The van der Waals surface area contributed by atoms with E-state index in [4.69, 9.17) is 4.74 Å². The van der Waals surface area contributed by atoms with Crippen LogP contribution >= 0.6 is 0 Å². The first-order valence-electron chi connectivity index (χ1n) is 34.9. The minimum absolute atomic E-state index is 0.0175. The van der Waals surface area contributed by atoms with E-state index in [0.717, 1.165) is 44.9 Å². The molecule has 6 nitrogen and oxygen atoms in total. The summed E-state index contributed by atoms with van der Waals surface area (Å²) < 4.78 is 5.51. The second-order valence-corrected chi connectivity index (χ2v) is 24.2. The summed E-state index contributed by atoms with van der Waals surface area (Å²) in [6.45, 7) is 4.98. The Kier molecular flexibility index (Phi) is 64.9. The summed E-state index contributed by atoms with van der Waals surface area (Å²) >= 11 is 0. The summed E-state index contributed by atoms with van der Waals surface area (Å²) in [5.74, 6) is -0.0122. The number of nitrogens with one attached hydrogen (secondary N) is 1. The number of unbranched alkanes of at least 4 members (excludes halogenated alkanes) is 53. The fourth-order valence-electron chi connectivity index (χ4n) is 11.2. The van der Waals surface area contributed by atoms with Crippen molar-refractivity contribution >= 4 is 11.9 Å². The van der Waals surface area contributed by atoms with Crippen LogP contribution in [0.25, 0.3) is 0 Å². The number of ether oxygens (including phenoxy) is 1. The number of allylic oxidation sites excluding steroid dienone is 2. The predicted octanol–water partition coefficient (Wildman–Crippen LogP) is 22.4. The molecule has 0 fully saturated rings. The van der Waals surface area contributed by atoms with Gasteiger partial charge in [-0.05, 0) is 51.4 Å². The van der Waals surface area contributed by atoms with Crippen molar-refractivity contribution in [1.29, 1.82) is 0 Å². The van der Waals surface area contributed by atoms with Crippen LogP contribution in [0.4, 0.5) is 0 Å². The molecule has 6 heteroatoms. The molecular formula is C70H137NO5. The average molecular weight is 1070 g/mol. The molecule has 0 aliphatic carbocycles. The van der Waals surface area contributed by atoms with E-state index in [1.54, 1.807) is 0 Å². The second kappa shape index (κ2) is 66.1. The van der Waals surface area contributed by atoms with Crippen LogP contribution in [0.3, 0.4) is 0 Å². The Labute approximate surface area is 476 Å². The molecule has 0 radical (unpaired) electrons. The van der Waals surface area contributed by atoms with Gasteiger partial charge in [0, 0.05) is 12.8 Å². The van der Waals surface area contributed by atoms with Crippen LogP contribution in [-0.4, -0.2) is 47.4 Å². The first-order chi connectivity index (χ1) is 37.5. The maximum atomic E-state index is 12.5. The van der Waals surface area contributed by atoms with Crippen molar-refractivity contribution in [3.63, 3.8) is 0 Å². The molecule has 3 N–H and O–H groups in total. The Morgan fingerprint density at radius 2 is 0.618 bits per heavy atom. The van der Waals surface area contributed by atoms with Gasteiger partial charge in [-0.25, -0.2) is 0 Å². The molecular weight excluding hydrogens is 935 g/mol. The lowest BCUT2D eigenvalue weighted by molar-refractivity contribution is -0.143. The Bertz CT molecular complexity index is 1140. The van der Waals surface area contributed by atoms with Gasteiger partial charge < -0.3 is 20.3 Å². The number of esters is 1. The largest absolute Gasteiger partial charge is 0.466 e. The van der Waals surface area contributed by atoms with Crippen molar-refractivity contribution in [2.75, 3.05) is 13.2 Å². The molecule has 0 aliphatic rings. The van der Waals surface area contributed by atoms with Gasteiger partial charge in [-0.1, -0.05) is 347 Å². The van der Waals surface area contributed by atoms with Crippen LogP contribution in [0, 0.1) is 0 Å². The number of hydrogen-bond acceptors (Lipinski definition) is 5. The molecule has 2 atom stereocenters. The maximum Gasteiger partial charge on any atom is 0.305 e. The zero-order valence-corrected chi connectivity index (χ0v) is 51.8. The third kappa shape index (κ3) is 61.8. The fourth-order valence-corrected chi connectivity index (χ4v) is 11.2. The molecule has 0 heterocycles. The highest BCUT2D eigenvalue weighted by Gasteiger charge is 2.20. The first kappa shape index (κ1) is 74.6. The summed E-state index contributed by atoms with van der Waals surface area (Å²) in [5, 5.41) is 23.3. The van der Waals surface area contributed by atoms with E-state index in [1.165, 1.54) is 321 Å². The molecule has 0 aromatic carbocycles. The molecule has 2 unspecified atom stereocenters. The van der Waals surface area contributed by atoms with E-state index in [1.807, 2.05) is 0 Å². The number of aliphatic hydroxyl groups excluding tert-OH is 2. The van der Waals surface area contributed by atoms with Crippen molar-refractivity contribution in [1.82, 2.24) is 5.32 Å². The van der Waals surface area contributed by atoms with E-state index >= 15 is 0 Å². The highest BCUT2D eigenvalue weighted by atomic mass is 16.5. The van der Waals surface area contributed by atoms with Gasteiger partial charge in [-0.15, -0.1) is 0 Å². The van der Waals surface area contributed by atoms with Crippen LogP contribution in [0.2, 0.25) is 0 Å². The monoisotopic (exact) mass is 1070 g/mol. The van der Waals surface area contributed by atoms with Gasteiger partial charge in [-0.3, -0.25) is 9.59 Å². The second-order valence-electron chi connectivity index (χ2n) is 24.2. The molecule has 452 valence electrons. The lowest BCUT2D eigenvalue weighted by Gasteiger charge is -2.22. The molecule has 0 saturated heterocycles. The van der Waals surface area contributed by atoms with Crippen molar-refractivity contribution in [2.45, 2.75) is 411 Å². The number of carbonyl (C=O) groups is 2. The van der Waals surface area contributed by atoms with Crippen molar-refractivity contribution < 1.29 is 24.5 Å². The quantitative estimate of drug-likeness (QED) is 0.0320. The molecule has 0 aromatic heterocycles. The van der Waals surface area contributed by atoms with E-state index in [9.17, 15) is 19.8 Å². The van der Waals surface area contributed by atoms with Crippen molar-refractivity contribution in [3.8, 4) is 0 Å². The van der Waals surface area contributed by atoms with Crippen molar-refractivity contribution in [2.24, 2.45) is 0 Å². The topological polar surface area (TPSA) is 95.9 Å². The van der Waals surface area contributed by atoms with Gasteiger partial charge in [0.1, 0.15) is 0 Å². The molecule has 0 spiro atoms. The molecule has 0 aliphatic heterocycles. The highest BCUT2D eigenvalue weighted by Crippen LogP contribution is 2.19. The average Bonchev–Trinajstić information content (AvgIpc) is 3.42. The molecule has 0 saturated carbocycles. The summed E-state index contributed by atoms with van der Waals surface area (Å²) in [5.41, 5.74) is 0. The molecule has 0 rings (SSSR count). The third-order valence-electron chi connectivity index (χ3n) is 16.6. The number of rotatable bonds is 66. The summed E-state index contributed by atoms with van der Waals surface area (Å²) in [6, 6.07) is -0.537.